The van der Waals surface area contributed by atoms with Gasteiger partial charge in [0.15, 0.2) is 0 Å². The lowest BCUT2D eigenvalue weighted by atomic mass is 9.51. The Balaban J connectivity index is 2.88. The molecule has 0 aromatic heterocycles. The lowest BCUT2D eigenvalue weighted by Gasteiger charge is -2.56. The van der Waals surface area contributed by atoms with Crippen molar-refractivity contribution in [3.05, 3.63) is 0 Å². The average Bonchev–Trinajstić information content (AvgIpc) is 2.00. The Kier molecular flexibility index (Phi) is 2.90. The van der Waals surface area contributed by atoms with Gasteiger partial charge in [-0.15, -0.1) is 0 Å². The van der Waals surface area contributed by atoms with E-state index in [-0.39, 0.29) is 5.41 Å². The highest BCUT2D eigenvalue weighted by Crippen LogP contribution is 2.57. The van der Waals surface area contributed by atoms with Crippen molar-refractivity contribution in [3.8, 4) is 0 Å². The topological polar surface area (TPSA) is 57.5 Å². The fourth-order valence-electron chi connectivity index (χ4n) is 2.96. The van der Waals surface area contributed by atoms with E-state index in [1.807, 2.05) is 6.92 Å². The summed E-state index contributed by atoms with van der Waals surface area (Å²) < 4.78 is 0. The number of carbonyl (C=O) groups is 1. The normalized spacial score (nSPS) is 26.5. The highest BCUT2D eigenvalue weighted by molar-refractivity contribution is 5.76. The molecule has 15 heavy (non-hydrogen) atoms. The van der Waals surface area contributed by atoms with E-state index in [9.17, 15) is 15.0 Å². The zero-order valence-electron chi connectivity index (χ0n) is 10.1. The first-order valence-corrected chi connectivity index (χ1v) is 5.63. The van der Waals surface area contributed by atoms with Crippen LogP contribution in [0.3, 0.4) is 0 Å². The second-order valence-electron chi connectivity index (χ2n) is 5.94. The maximum absolute atomic E-state index is 11.3. The summed E-state index contributed by atoms with van der Waals surface area (Å²) in [7, 11) is 0. The summed E-state index contributed by atoms with van der Waals surface area (Å²) in [5, 5.41) is 19.7. The van der Waals surface area contributed by atoms with E-state index in [0.717, 1.165) is 6.42 Å². The van der Waals surface area contributed by atoms with Crippen LogP contribution in [0.4, 0.5) is 0 Å². The van der Waals surface area contributed by atoms with Gasteiger partial charge in [-0.3, -0.25) is 4.79 Å². The first kappa shape index (κ1) is 12.5. The van der Waals surface area contributed by atoms with Crippen LogP contribution in [-0.2, 0) is 4.79 Å². The Bertz CT molecular complexity index is 262. The van der Waals surface area contributed by atoms with Crippen LogP contribution in [-0.4, -0.2) is 21.8 Å². The average molecular weight is 214 g/mol. The number of aliphatic carboxylic acids is 1. The number of carboxylic acids is 1. The number of aliphatic hydroxyl groups is 1. The van der Waals surface area contributed by atoms with Crippen LogP contribution in [0.1, 0.15) is 53.4 Å². The molecule has 1 fully saturated rings. The summed E-state index contributed by atoms with van der Waals surface area (Å²) in [6.07, 6.45) is 2.49. The summed E-state index contributed by atoms with van der Waals surface area (Å²) in [6, 6.07) is 0. The van der Waals surface area contributed by atoms with Gasteiger partial charge in [0.1, 0.15) is 0 Å². The molecule has 1 atom stereocenters. The van der Waals surface area contributed by atoms with Gasteiger partial charge in [0.25, 0.3) is 0 Å². The summed E-state index contributed by atoms with van der Waals surface area (Å²) in [5.74, 6) is -0.873. The molecule has 1 rings (SSSR count). The van der Waals surface area contributed by atoms with E-state index < -0.39 is 17.0 Å². The lowest BCUT2D eigenvalue weighted by Crippen LogP contribution is -2.61. The molecule has 0 bridgehead atoms. The van der Waals surface area contributed by atoms with Gasteiger partial charge in [-0.25, -0.2) is 0 Å². The van der Waals surface area contributed by atoms with Gasteiger partial charge in [0.2, 0.25) is 0 Å². The van der Waals surface area contributed by atoms with Gasteiger partial charge in [0.05, 0.1) is 11.0 Å². The van der Waals surface area contributed by atoms with E-state index in [4.69, 9.17) is 0 Å². The SMILES string of the molecule is CCCC(C)(C(=O)O)C1(O)CC(C)(C)C1. The quantitative estimate of drug-likeness (QED) is 0.755. The van der Waals surface area contributed by atoms with Gasteiger partial charge in [-0.2, -0.15) is 0 Å². The molecule has 88 valence electrons. The van der Waals surface area contributed by atoms with Crippen LogP contribution in [0, 0.1) is 10.8 Å². The molecule has 1 unspecified atom stereocenters. The Morgan fingerprint density at radius 1 is 1.40 bits per heavy atom. The number of rotatable bonds is 4. The van der Waals surface area contributed by atoms with E-state index in [2.05, 4.69) is 13.8 Å². The lowest BCUT2D eigenvalue weighted by molar-refractivity contribution is -0.208. The molecular weight excluding hydrogens is 192 g/mol. The molecule has 0 saturated heterocycles. The van der Waals surface area contributed by atoms with Crippen molar-refractivity contribution < 1.29 is 15.0 Å². The number of hydrogen-bond donors (Lipinski definition) is 2. The minimum absolute atomic E-state index is 0.0825. The van der Waals surface area contributed by atoms with Gasteiger partial charge in [-0.05, 0) is 31.6 Å². The minimum atomic E-state index is -1.02. The first-order chi connectivity index (χ1) is 6.67. The molecule has 1 aliphatic rings. The Morgan fingerprint density at radius 2 is 1.87 bits per heavy atom. The molecule has 3 heteroatoms. The van der Waals surface area contributed by atoms with Crippen LogP contribution in [0.15, 0.2) is 0 Å². The molecule has 0 spiro atoms. The Hall–Kier alpha value is -0.570. The molecule has 0 heterocycles. The minimum Gasteiger partial charge on any atom is -0.481 e. The highest BCUT2D eigenvalue weighted by atomic mass is 16.4. The van der Waals surface area contributed by atoms with E-state index >= 15 is 0 Å². The zero-order valence-corrected chi connectivity index (χ0v) is 10.1. The van der Waals surface area contributed by atoms with Crippen molar-refractivity contribution in [2.75, 3.05) is 0 Å². The van der Waals surface area contributed by atoms with Gasteiger partial charge in [0, 0.05) is 0 Å². The van der Waals surface area contributed by atoms with E-state index in [1.165, 1.54) is 0 Å². The van der Waals surface area contributed by atoms with Crippen molar-refractivity contribution in [1.29, 1.82) is 0 Å². The predicted octanol–water partition coefficient (Wildman–Crippen LogP) is 2.43. The van der Waals surface area contributed by atoms with Gasteiger partial charge < -0.3 is 10.2 Å². The summed E-state index contributed by atoms with van der Waals surface area (Å²) >= 11 is 0. The zero-order chi connectivity index (χ0) is 11.9. The van der Waals surface area contributed by atoms with E-state index in [1.54, 1.807) is 6.92 Å². The van der Waals surface area contributed by atoms with Crippen LogP contribution in [0.25, 0.3) is 0 Å². The number of hydrogen-bond acceptors (Lipinski definition) is 2. The molecule has 1 aliphatic carbocycles. The fraction of sp³-hybridized carbons (Fsp3) is 0.917. The van der Waals surface area contributed by atoms with E-state index in [0.29, 0.717) is 19.3 Å². The molecule has 3 nitrogen and oxygen atoms in total. The summed E-state index contributed by atoms with van der Waals surface area (Å²) in [5.41, 5.74) is -1.92. The summed E-state index contributed by atoms with van der Waals surface area (Å²) in [6.45, 7) is 7.76. The number of carboxylic acid groups (broad SMARTS) is 1. The molecule has 0 aromatic carbocycles. The molecule has 0 amide bonds. The van der Waals surface area contributed by atoms with Crippen molar-refractivity contribution in [1.82, 2.24) is 0 Å². The van der Waals surface area contributed by atoms with Crippen LogP contribution >= 0.6 is 0 Å². The monoisotopic (exact) mass is 214 g/mol. The molecule has 0 radical (unpaired) electrons. The molecule has 2 N–H and O–H groups in total. The predicted molar refractivity (Wildman–Crippen MR) is 58.6 cm³/mol. The third-order valence-corrected chi connectivity index (χ3v) is 3.79. The Labute approximate surface area is 91.5 Å². The van der Waals surface area contributed by atoms with Gasteiger partial charge >= 0.3 is 5.97 Å². The van der Waals surface area contributed by atoms with Crippen LogP contribution in [0.5, 0.6) is 0 Å². The van der Waals surface area contributed by atoms with Crippen molar-refractivity contribution in [2.45, 2.75) is 59.0 Å². The molecular formula is C12H22O3. The van der Waals surface area contributed by atoms with Crippen molar-refractivity contribution in [3.63, 3.8) is 0 Å². The smallest absolute Gasteiger partial charge is 0.312 e. The Morgan fingerprint density at radius 3 is 2.13 bits per heavy atom. The second-order valence-corrected chi connectivity index (χ2v) is 5.94. The second kappa shape index (κ2) is 3.48. The molecule has 0 aromatic rings. The first-order valence-electron chi connectivity index (χ1n) is 5.63. The van der Waals surface area contributed by atoms with Crippen molar-refractivity contribution in [2.24, 2.45) is 10.8 Å². The maximum Gasteiger partial charge on any atom is 0.312 e. The standard InChI is InChI=1S/C12H22O3/c1-5-6-11(4,9(13)14)12(15)7-10(2,3)8-12/h15H,5-8H2,1-4H3,(H,13,14). The fourth-order valence-corrected chi connectivity index (χ4v) is 2.96. The third kappa shape index (κ3) is 1.89. The van der Waals surface area contributed by atoms with Crippen molar-refractivity contribution >= 4 is 5.97 Å². The molecule has 0 aliphatic heterocycles. The highest BCUT2D eigenvalue weighted by Gasteiger charge is 2.61. The van der Waals surface area contributed by atoms with Gasteiger partial charge in [-0.1, -0.05) is 27.2 Å². The largest absolute Gasteiger partial charge is 0.481 e. The van der Waals surface area contributed by atoms with Crippen LogP contribution < -0.4 is 0 Å². The van der Waals surface area contributed by atoms with Crippen LogP contribution in [0.2, 0.25) is 0 Å². The molecule has 1 saturated carbocycles. The summed E-state index contributed by atoms with van der Waals surface area (Å²) in [4.78, 5) is 11.3. The maximum atomic E-state index is 11.3. The third-order valence-electron chi connectivity index (χ3n) is 3.79.